The largest absolute Gasteiger partial charge is 0.382 e. The summed E-state index contributed by atoms with van der Waals surface area (Å²) in [6.07, 6.45) is 0.0796. The van der Waals surface area contributed by atoms with Crippen molar-refractivity contribution in [2.75, 3.05) is 38.9 Å². The molecule has 0 saturated carbocycles. The van der Waals surface area contributed by atoms with Gasteiger partial charge >= 0.3 is 0 Å². The summed E-state index contributed by atoms with van der Waals surface area (Å²) in [5.41, 5.74) is 2.45. The summed E-state index contributed by atoms with van der Waals surface area (Å²) >= 11 is 3.49. The van der Waals surface area contributed by atoms with Gasteiger partial charge in [0.1, 0.15) is 0 Å². The van der Waals surface area contributed by atoms with Crippen molar-refractivity contribution < 1.29 is 14.2 Å². The number of halogens is 1. The standard InChI is InChI=1S/C14H21BrO3/c1-12-4-3-5-13(10-12)14(11-15)18-9-8-17-7-6-16-2/h3-5,10,14H,6-9,11H2,1-2H3. The van der Waals surface area contributed by atoms with Gasteiger partial charge in [0.15, 0.2) is 0 Å². The van der Waals surface area contributed by atoms with Gasteiger partial charge in [0.05, 0.1) is 32.5 Å². The Morgan fingerprint density at radius 3 is 2.61 bits per heavy atom. The molecule has 1 atom stereocenters. The molecule has 102 valence electrons. The molecule has 0 saturated heterocycles. The average molecular weight is 317 g/mol. The van der Waals surface area contributed by atoms with Crippen LogP contribution >= 0.6 is 15.9 Å². The summed E-state index contributed by atoms with van der Waals surface area (Å²) in [6.45, 7) is 4.51. The number of ether oxygens (including phenoxy) is 3. The third-order valence-electron chi connectivity index (χ3n) is 2.53. The van der Waals surface area contributed by atoms with Gasteiger partial charge in [-0.25, -0.2) is 0 Å². The lowest BCUT2D eigenvalue weighted by molar-refractivity contribution is 0.000714. The molecule has 0 N–H and O–H groups in total. The van der Waals surface area contributed by atoms with Crippen LogP contribution in [0.15, 0.2) is 24.3 Å². The van der Waals surface area contributed by atoms with Crippen LogP contribution < -0.4 is 0 Å². The van der Waals surface area contributed by atoms with Crippen LogP contribution in [0.3, 0.4) is 0 Å². The molecule has 0 bridgehead atoms. The smallest absolute Gasteiger partial charge is 0.0922 e. The topological polar surface area (TPSA) is 27.7 Å². The average Bonchev–Trinajstić information content (AvgIpc) is 2.38. The van der Waals surface area contributed by atoms with E-state index in [4.69, 9.17) is 14.2 Å². The highest BCUT2D eigenvalue weighted by molar-refractivity contribution is 9.09. The number of aryl methyl sites for hydroxylation is 1. The Balaban J connectivity index is 2.29. The predicted octanol–water partition coefficient (Wildman–Crippen LogP) is 3.11. The summed E-state index contributed by atoms with van der Waals surface area (Å²) in [5.74, 6) is 0. The third-order valence-corrected chi connectivity index (χ3v) is 3.12. The number of hydrogen-bond donors (Lipinski definition) is 0. The van der Waals surface area contributed by atoms with Gasteiger partial charge in [-0.15, -0.1) is 0 Å². The first-order valence-electron chi connectivity index (χ1n) is 6.08. The van der Waals surface area contributed by atoms with Crippen molar-refractivity contribution in [2.45, 2.75) is 13.0 Å². The molecule has 1 aromatic rings. The lowest BCUT2D eigenvalue weighted by Crippen LogP contribution is -2.12. The van der Waals surface area contributed by atoms with Crippen LogP contribution in [-0.2, 0) is 14.2 Å². The Labute approximate surface area is 118 Å². The van der Waals surface area contributed by atoms with Gasteiger partial charge in [-0.05, 0) is 12.5 Å². The highest BCUT2D eigenvalue weighted by atomic mass is 79.9. The monoisotopic (exact) mass is 316 g/mol. The number of rotatable bonds is 9. The Morgan fingerprint density at radius 2 is 1.94 bits per heavy atom. The van der Waals surface area contributed by atoms with E-state index in [1.54, 1.807) is 7.11 Å². The SMILES string of the molecule is COCCOCCOC(CBr)c1cccc(C)c1. The molecule has 1 aromatic carbocycles. The maximum Gasteiger partial charge on any atom is 0.0922 e. The van der Waals surface area contributed by atoms with Crippen molar-refractivity contribution in [2.24, 2.45) is 0 Å². The first kappa shape index (κ1) is 15.6. The summed E-state index contributed by atoms with van der Waals surface area (Å²) < 4.78 is 16.1. The fourth-order valence-electron chi connectivity index (χ4n) is 1.59. The molecule has 3 nitrogen and oxygen atoms in total. The molecule has 0 aromatic heterocycles. The van der Waals surface area contributed by atoms with Crippen LogP contribution in [-0.4, -0.2) is 38.9 Å². The van der Waals surface area contributed by atoms with Gasteiger partial charge in [-0.3, -0.25) is 0 Å². The molecule has 0 aliphatic rings. The lowest BCUT2D eigenvalue weighted by atomic mass is 10.1. The van der Waals surface area contributed by atoms with E-state index in [0.717, 1.165) is 5.33 Å². The molecule has 0 aliphatic heterocycles. The van der Waals surface area contributed by atoms with Crippen molar-refractivity contribution in [1.29, 1.82) is 0 Å². The van der Waals surface area contributed by atoms with E-state index in [9.17, 15) is 0 Å². The van der Waals surface area contributed by atoms with E-state index in [1.165, 1.54) is 11.1 Å². The van der Waals surface area contributed by atoms with E-state index in [-0.39, 0.29) is 6.10 Å². The van der Waals surface area contributed by atoms with Gasteiger partial charge in [0, 0.05) is 12.4 Å². The lowest BCUT2D eigenvalue weighted by Gasteiger charge is -2.16. The summed E-state index contributed by atoms with van der Waals surface area (Å²) in [6, 6.07) is 8.38. The Morgan fingerprint density at radius 1 is 1.17 bits per heavy atom. The first-order valence-corrected chi connectivity index (χ1v) is 7.21. The van der Waals surface area contributed by atoms with Crippen LogP contribution in [0.4, 0.5) is 0 Å². The van der Waals surface area contributed by atoms with Crippen LogP contribution in [0.1, 0.15) is 17.2 Å². The molecule has 1 rings (SSSR count). The van der Waals surface area contributed by atoms with E-state index in [1.807, 2.05) is 0 Å². The molecule has 0 amide bonds. The Bertz CT molecular complexity index is 331. The second-order valence-corrected chi connectivity index (χ2v) is 4.68. The van der Waals surface area contributed by atoms with Crippen LogP contribution in [0.5, 0.6) is 0 Å². The zero-order valence-corrected chi connectivity index (χ0v) is 12.6. The first-order chi connectivity index (χ1) is 8.77. The molecule has 0 spiro atoms. The molecule has 18 heavy (non-hydrogen) atoms. The van der Waals surface area contributed by atoms with Crippen molar-refractivity contribution in [3.63, 3.8) is 0 Å². The van der Waals surface area contributed by atoms with Gasteiger partial charge in [0.25, 0.3) is 0 Å². The highest BCUT2D eigenvalue weighted by Gasteiger charge is 2.10. The van der Waals surface area contributed by atoms with Crippen LogP contribution in [0.25, 0.3) is 0 Å². The number of hydrogen-bond acceptors (Lipinski definition) is 3. The van der Waals surface area contributed by atoms with E-state index < -0.39 is 0 Å². The Hall–Kier alpha value is -0.420. The zero-order chi connectivity index (χ0) is 13.2. The van der Waals surface area contributed by atoms with Gasteiger partial charge < -0.3 is 14.2 Å². The van der Waals surface area contributed by atoms with E-state index in [2.05, 4.69) is 47.1 Å². The summed E-state index contributed by atoms with van der Waals surface area (Å²) in [7, 11) is 1.67. The maximum absolute atomic E-state index is 5.80. The second-order valence-electron chi connectivity index (χ2n) is 4.03. The number of methoxy groups -OCH3 is 1. The van der Waals surface area contributed by atoms with Gasteiger partial charge in [0.2, 0.25) is 0 Å². The highest BCUT2D eigenvalue weighted by Crippen LogP contribution is 2.20. The molecule has 4 heteroatoms. The molecule has 0 fully saturated rings. The number of benzene rings is 1. The van der Waals surface area contributed by atoms with Crippen molar-refractivity contribution in [3.8, 4) is 0 Å². The normalized spacial score (nSPS) is 12.6. The fourth-order valence-corrected chi connectivity index (χ4v) is 2.15. The quantitative estimate of drug-likeness (QED) is 0.517. The summed E-state index contributed by atoms with van der Waals surface area (Å²) in [5, 5.41) is 0.786. The van der Waals surface area contributed by atoms with E-state index in [0.29, 0.717) is 26.4 Å². The molecule has 0 radical (unpaired) electrons. The number of alkyl halides is 1. The minimum Gasteiger partial charge on any atom is -0.382 e. The van der Waals surface area contributed by atoms with Crippen LogP contribution in [0.2, 0.25) is 0 Å². The summed E-state index contributed by atoms with van der Waals surface area (Å²) in [4.78, 5) is 0. The minimum absolute atomic E-state index is 0.0796. The third kappa shape index (κ3) is 5.96. The van der Waals surface area contributed by atoms with Gasteiger partial charge in [-0.1, -0.05) is 45.8 Å². The molecule has 1 unspecified atom stereocenters. The van der Waals surface area contributed by atoms with Gasteiger partial charge in [-0.2, -0.15) is 0 Å². The molecular formula is C14H21BrO3. The Kier molecular flexibility index (Phi) is 8.25. The maximum atomic E-state index is 5.80. The predicted molar refractivity (Wildman–Crippen MR) is 76.4 cm³/mol. The van der Waals surface area contributed by atoms with Crippen molar-refractivity contribution in [1.82, 2.24) is 0 Å². The molecule has 0 heterocycles. The fraction of sp³-hybridized carbons (Fsp3) is 0.571. The zero-order valence-electron chi connectivity index (χ0n) is 11.0. The van der Waals surface area contributed by atoms with E-state index >= 15 is 0 Å². The minimum atomic E-state index is 0.0796. The van der Waals surface area contributed by atoms with Crippen LogP contribution in [0, 0.1) is 6.92 Å². The second kappa shape index (κ2) is 9.50. The molecular weight excluding hydrogens is 296 g/mol. The van der Waals surface area contributed by atoms with Crippen molar-refractivity contribution in [3.05, 3.63) is 35.4 Å². The molecule has 0 aliphatic carbocycles. The van der Waals surface area contributed by atoms with Crippen molar-refractivity contribution >= 4 is 15.9 Å².